The summed E-state index contributed by atoms with van der Waals surface area (Å²) >= 11 is 0. The molecule has 5 heteroatoms. The Bertz CT molecular complexity index is 513. The molecule has 3 rings (SSSR count). The van der Waals surface area contributed by atoms with Crippen LogP contribution in [0.2, 0.25) is 0 Å². The number of nitrogens with zero attached hydrogens (tertiary/aromatic N) is 3. The van der Waals surface area contributed by atoms with E-state index in [9.17, 15) is 10.4 Å². The van der Waals surface area contributed by atoms with E-state index in [1.807, 2.05) is 0 Å². The fourth-order valence-electron chi connectivity index (χ4n) is 3.10. The minimum atomic E-state index is -0.903. The second kappa shape index (κ2) is 4.01. The molecule has 2 fully saturated rings. The maximum Gasteiger partial charge on any atom is 0.125 e. The minimum Gasteiger partial charge on any atom is -0.385 e. The highest BCUT2D eigenvalue weighted by Gasteiger charge is 2.57. The molecule has 1 aromatic heterocycles. The summed E-state index contributed by atoms with van der Waals surface area (Å²) < 4.78 is 5.73. The lowest BCUT2D eigenvalue weighted by molar-refractivity contribution is 0.00109. The van der Waals surface area contributed by atoms with E-state index in [-0.39, 0.29) is 12.2 Å². The molecule has 0 saturated carbocycles. The van der Waals surface area contributed by atoms with Crippen molar-refractivity contribution in [1.29, 1.82) is 5.26 Å². The summed E-state index contributed by atoms with van der Waals surface area (Å²) in [5.74, 6) is 0.601. The van der Waals surface area contributed by atoms with E-state index in [4.69, 9.17) is 4.74 Å². The predicted molar refractivity (Wildman–Crippen MR) is 62.3 cm³/mol. The molecule has 4 unspecified atom stereocenters. The Morgan fingerprint density at radius 1 is 1.61 bits per heavy atom. The Labute approximate surface area is 105 Å². The first-order valence-corrected chi connectivity index (χ1v) is 6.20. The van der Waals surface area contributed by atoms with Crippen LogP contribution in [0.3, 0.4) is 0 Å². The first kappa shape index (κ1) is 11.6. The Morgan fingerprint density at radius 2 is 2.44 bits per heavy atom. The summed E-state index contributed by atoms with van der Waals surface area (Å²) in [6.07, 6.45) is 3.09. The molecule has 2 bridgehead atoms. The molecular weight excluding hydrogens is 230 g/mol. The van der Waals surface area contributed by atoms with E-state index in [2.05, 4.69) is 16.0 Å². The van der Waals surface area contributed by atoms with Crippen molar-refractivity contribution in [3.63, 3.8) is 0 Å². The van der Waals surface area contributed by atoms with Crippen LogP contribution in [0, 0.1) is 23.7 Å². The summed E-state index contributed by atoms with van der Waals surface area (Å²) in [5.41, 5.74) is -0.329. The van der Waals surface area contributed by atoms with Crippen LogP contribution in [0.1, 0.15) is 36.9 Å². The Kier molecular flexibility index (Phi) is 2.58. The largest absolute Gasteiger partial charge is 0.385 e. The average Bonchev–Trinajstić information content (AvgIpc) is 2.98. The van der Waals surface area contributed by atoms with Crippen molar-refractivity contribution in [2.24, 2.45) is 5.41 Å². The maximum atomic E-state index is 10.5. The van der Waals surface area contributed by atoms with Crippen molar-refractivity contribution in [3.05, 3.63) is 23.8 Å². The fourth-order valence-corrected chi connectivity index (χ4v) is 3.10. The molecule has 2 saturated heterocycles. The van der Waals surface area contributed by atoms with Gasteiger partial charge in [0.25, 0.3) is 0 Å². The van der Waals surface area contributed by atoms with Crippen LogP contribution in [0.25, 0.3) is 0 Å². The molecule has 1 N–H and O–H groups in total. The zero-order chi connectivity index (χ0) is 12.8. The molecule has 4 atom stereocenters. The van der Waals surface area contributed by atoms with Crippen molar-refractivity contribution in [2.45, 2.75) is 44.5 Å². The second-order valence-electron chi connectivity index (χ2n) is 5.11. The monoisotopic (exact) mass is 245 g/mol. The van der Waals surface area contributed by atoms with Crippen molar-refractivity contribution in [1.82, 2.24) is 9.97 Å². The third-order valence-corrected chi connectivity index (χ3v) is 4.02. The number of hydrogen-bond donors (Lipinski definition) is 1. The zero-order valence-electron chi connectivity index (χ0n) is 10.2. The van der Waals surface area contributed by atoms with Gasteiger partial charge in [-0.2, -0.15) is 5.26 Å². The number of aliphatic hydroxyl groups is 1. The smallest absolute Gasteiger partial charge is 0.125 e. The van der Waals surface area contributed by atoms with E-state index in [0.29, 0.717) is 17.9 Å². The van der Waals surface area contributed by atoms with Crippen LogP contribution in [0.4, 0.5) is 0 Å². The van der Waals surface area contributed by atoms with E-state index in [0.717, 1.165) is 12.8 Å². The van der Waals surface area contributed by atoms with Gasteiger partial charge in [0.2, 0.25) is 0 Å². The topological polar surface area (TPSA) is 79.0 Å². The number of aliphatic hydroxyl groups excluding tert-OH is 1. The molecule has 5 nitrogen and oxygen atoms in total. The summed E-state index contributed by atoms with van der Waals surface area (Å²) in [4.78, 5) is 8.24. The molecule has 1 aromatic rings. The highest BCUT2D eigenvalue weighted by molar-refractivity contribution is 5.21. The van der Waals surface area contributed by atoms with Crippen molar-refractivity contribution in [2.75, 3.05) is 0 Å². The van der Waals surface area contributed by atoms with Gasteiger partial charge < -0.3 is 9.84 Å². The molecule has 0 amide bonds. The quantitative estimate of drug-likeness (QED) is 0.849. The SMILES string of the molecule is Cc1nccc(C(O)C2(C#N)CC3CCC2O3)n1. The van der Waals surface area contributed by atoms with Gasteiger partial charge >= 0.3 is 0 Å². The molecule has 3 heterocycles. The van der Waals surface area contributed by atoms with Gasteiger partial charge in [-0.15, -0.1) is 0 Å². The van der Waals surface area contributed by atoms with Crippen LogP contribution in [-0.4, -0.2) is 27.3 Å². The Morgan fingerprint density at radius 3 is 3.00 bits per heavy atom. The summed E-state index contributed by atoms with van der Waals surface area (Å²) in [7, 11) is 0. The maximum absolute atomic E-state index is 10.5. The van der Waals surface area contributed by atoms with Gasteiger partial charge in [-0.1, -0.05) is 0 Å². The molecular formula is C13H15N3O2. The van der Waals surface area contributed by atoms with Gasteiger partial charge in [-0.05, 0) is 32.3 Å². The van der Waals surface area contributed by atoms with Gasteiger partial charge in [0.15, 0.2) is 0 Å². The van der Waals surface area contributed by atoms with Crippen LogP contribution in [0.5, 0.6) is 0 Å². The number of aromatic nitrogens is 2. The standard InChI is InChI=1S/C13H15N3O2/c1-8-15-5-4-10(16-8)12(17)13(7-14)6-9-2-3-11(13)18-9/h4-5,9,11-12,17H,2-3,6H2,1H3. The number of ether oxygens (including phenoxy) is 1. The van der Waals surface area contributed by atoms with Crippen LogP contribution in [-0.2, 0) is 4.74 Å². The van der Waals surface area contributed by atoms with Crippen LogP contribution >= 0.6 is 0 Å². The average molecular weight is 245 g/mol. The normalized spacial score (nSPS) is 35.4. The van der Waals surface area contributed by atoms with Gasteiger partial charge in [0, 0.05) is 6.20 Å². The molecule has 0 spiro atoms. The first-order chi connectivity index (χ1) is 8.65. The van der Waals surface area contributed by atoms with Crippen molar-refractivity contribution < 1.29 is 9.84 Å². The van der Waals surface area contributed by atoms with E-state index in [1.54, 1.807) is 19.2 Å². The molecule has 0 aliphatic carbocycles. The van der Waals surface area contributed by atoms with Gasteiger partial charge in [-0.3, -0.25) is 0 Å². The molecule has 0 radical (unpaired) electrons. The summed E-state index contributed by atoms with van der Waals surface area (Å²) in [5, 5.41) is 20.0. The van der Waals surface area contributed by atoms with Crippen LogP contribution < -0.4 is 0 Å². The third-order valence-electron chi connectivity index (χ3n) is 4.02. The van der Waals surface area contributed by atoms with E-state index < -0.39 is 11.5 Å². The second-order valence-corrected chi connectivity index (χ2v) is 5.11. The lowest BCUT2D eigenvalue weighted by atomic mass is 9.70. The summed E-state index contributed by atoms with van der Waals surface area (Å²) in [6.45, 7) is 1.77. The Hall–Kier alpha value is -1.51. The van der Waals surface area contributed by atoms with Gasteiger partial charge in [0.05, 0.1) is 24.0 Å². The third kappa shape index (κ3) is 1.53. The lowest BCUT2D eigenvalue weighted by Gasteiger charge is -2.32. The van der Waals surface area contributed by atoms with E-state index >= 15 is 0 Å². The zero-order valence-corrected chi connectivity index (χ0v) is 10.2. The van der Waals surface area contributed by atoms with Crippen molar-refractivity contribution in [3.8, 4) is 6.07 Å². The summed E-state index contributed by atoms with van der Waals surface area (Å²) in [6, 6.07) is 3.96. The molecule has 2 aliphatic rings. The highest BCUT2D eigenvalue weighted by Crippen LogP contribution is 2.53. The molecule has 18 heavy (non-hydrogen) atoms. The number of hydrogen-bond acceptors (Lipinski definition) is 5. The minimum absolute atomic E-state index is 0.118. The van der Waals surface area contributed by atoms with Crippen LogP contribution in [0.15, 0.2) is 12.3 Å². The molecule has 0 aromatic carbocycles. The highest BCUT2D eigenvalue weighted by atomic mass is 16.5. The number of rotatable bonds is 2. The predicted octanol–water partition coefficient (Wildman–Crippen LogP) is 1.28. The lowest BCUT2D eigenvalue weighted by Crippen LogP contribution is -2.37. The number of aryl methyl sites for hydroxylation is 1. The van der Waals surface area contributed by atoms with E-state index in [1.165, 1.54) is 0 Å². The van der Waals surface area contributed by atoms with Gasteiger partial charge in [0.1, 0.15) is 17.3 Å². The van der Waals surface area contributed by atoms with Crippen molar-refractivity contribution >= 4 is 0 Å². The number of fused-ring (bicyclic) bond motifs is 2. The Balaban J connectivity index is 1.96. The molecule has 94 valence electrons. The molecule has 2 aliphatic heterocycles. The number of nitriles is 1. The fraction of sp³-hybridized carbons (Fsp3) is 0.615. The first-order valence-electron chi connectivity index (χ1n) is 6.20. The van der Waals surface area contributed by atoms with Gasteiger partial charge in [-0.25, -0.2) is 9.97 Å².